The van der Waals surface area contributed by atoms with E-state index in [1.54, 1.807) is 24.3 Å². The van der Waals surface area contributed by atoms with Gasteiger partial charge in [-0.05, 0) is 24.3 Å². The van der Waals surface area contributed by atoms with Gasteiger partial charge in [0.1, 0.15) is 0 Å². The van der Waals surface area contributed by atoms with Crippen molar-refractivity contribution in [3.63, 3.8) is 0 Å². The predicted molar refractivity (Wildman–Crippen MR) is 120 cm³/mol. The Labute approximate surface area is 190 Å². The standard InChI is InChI=1S/C18H8Cl6N4/c19-9-5-11(21)15(12(22)6-9)17(25-1-2-26-17)18(27-3-4-28-18)16-13(23)7-10(20)8-14(16)24/h1-8H. The Morgan fingerprint density at radius 3 is 0.964 bits per heavy atom. The van der Waals surface area contributed by atoms with Crippen LogP contribution in [-0.4, -0.2) is 24.9 Å². The number of hydrogen-bond acceptors (Lipinski definition) is 4. The van der Waals surface area contributed by atoms with E-state index in [0.717, 1.165) is 0 Å². The first-order valence-corrected chi connectivity index (χ1v) is 10.1. The van der Waals surface area contributed by atoms with E-state index < -0.39 is 11.3 Å². The van der Waals surface area contributed by atoms with Gasteiger partial charge in [-0.25, -0.2) is 0 Å². The molecule has 0 N–H and O–H groups in total. The van der Waals surface area contributed by atoms with Crippen molar-refractivity contribution in [2.45, 2.75) is 11.3 Å². The van der Waals surface area contributed by atoms with Crippen molar-refractivity contribution < 1.29 is 0 Å². The average molecular weight is 493 g/mol. The second-order valence-corrected chi connectivity index (χ2v) is 8.45. The molecule has 4 nitrogen and oxygen atoms in total. The van der Waals surface area contributed by atoms with Crippen molar-refractivity contribution in [3.05, 3.63) is 65.5 Å². The van der Waals surface area contributed by atoms with Gasteiger partial charge in [0.25, 0.3) is 0 Å². The molecule has 142 valence electrons. The highest BCUT2D eigenvalue weighted by molar-refractivity contribution is 6.41. The van der Waals surface area contributed by atoms with Crippen LogP contribution >= 0.6 is 69.6 Å². The number of benzene rings is 2. The zero-order chi connectivity index (χ0) is 20.1. The Bertz CT molecular complexity index is 948. The van der Waals surface area contributed by atoms with E-state index >= 15 is 0 Å². The first-order chi connectivity index (χ1) is 13.3. The van der Waals surface area contributed by atoms with Crippen molar-refractivity contribution in [1.29, 1.82) is 0 Å². The first-order valence-electron chi connectivity index (χ1n) is 7.79. The fourth-order valence-corrected chi connectivity index (χ4v) is 5.51. The maximum Gasteiger partial charge on any atom is 0.228 e. The molecule has 0 aliphatic carbocycles. The maximum atomic E-state index is 6.53. The zero-order valence-corrected chi connectivity index (χ0v) is 18.2. The van der Waals surface area contributed by atoms with Gasteiger partial charge in [-0.1, -0.05) is 69.6 Å². The summed E-state index contributed by atoms with van der Waals surface area (Å²) < 4.78 is 0. The van der Waals surface area contributed by atoms with Gasteiger partial charge in [0.15, 0.2) is 0 Å². The third kappa shape index (κ3) is 2.90. The summed E-state index contributed by atoms with van der Waals surface area (Å²) in [7, 11) is 0. The molecular formula is C18H8Cl6N4. The summed E-state index contributed by atoms with van der Waals surface area (Å²) in [5, 5.41) is 1.76. The SMILES string of the molecule is Clc1cc(Cl)c(C2(C3(c4c(Cl)cc(Cl)cc4Cl)N=CC=N3)N=CC=N2)c(Cl)c1. The normalized spacial score (nSPS) is 18.4. The third-order valence-electron chi connectivity index (χ3n) is 4.38. The summed E-state index contributed by atoms with van der Waals surface area (Å²) in [6.45, 7) is 0. The van der Waals surface area contributed by atoms with Gasteiger partial charge < -0.3 is 0 Å². The van der Waals surface area contributed by atoms with Crippen LogP contribution in [0.15, 0.2) is 44.2 Å². The lowest BCUT2D eigenvalue weighted by Gasteiger charge is -2.39. The van der Waals surface area contributed by atoms with Crippen molar-refractivity contribution in [3.8, 4) is 0 Å². The van der Waals surface area contributed by atoms with E-state index in [4.69, 9.17) is 69.6 Å². The molecular weight excluding hydrogens is 485 g/mol. The zero-order valence-electron chi connectivity index (χ0n) is 13.7. The van der Waals surface area contributed by atoms with Crippen molar-refractivity contribution in [2.24, 2.45) is 20.0 Å². The van der Waals surface area contributed by atoms with Gasteiger partial charge in [0.05, 0.1) is 20.1 Å². The van der Waals surface area contributed by atoms with Crippen LogP contribution in [-0.2, 0) is 11.3 Å². The Kier molecular flexibility index (Phi) is 5.24. The molecule has 2 aliphatic rings. The molecule has 10 heteroatoms. The maximum absolute atomic E-state index is 6.53. The number of halogens is 6. The summed E-state index contributed by atoms with van der Waals surface area (Å²) in [6.07, 6.45) is 6.07. The van der Waals surface area contributed by atoms with Gasteiger partial charge in [0, 0.05) is 46.0 Å². The highest BCUT2D eigenvalue weighted by atomic mass is 35.5. The molecule has 28 heavy (non-hydrogen) atoms. The van der Waals surface area contributed by atoms with Crippen LogP contribution in [0.25, 0.3) is 0 Å². The predicted octanol–water partition coefficient (Wildman–Crippen LogP) is 6.92. The highest BCUT2D eigenvalue weighted by Crippen LogP contribution is 2.57. The minimum atomic E-state index is -1.48. The van der Waals surface area contributed by atoms with Crippen molar-refractivity contribution in [1.82, 2.24) is 0 Å². The van der Waals surface area contributed by atoms with Gasteiger partial charge >= 0.3 is 0 Å². The topological polar surface area (TPSA) is 49.4 Å². The van der Waals surface area contributed by atoms with Crippen LogP contribution in [0.5, 0.6) is 0 Å². The molecule has 0 spiro atoms. The second kappa shape index (κ2) is 7.28. The van der Waals surface area contributed by atoms with Crippen LogP contribution in [0, 0.1) is 0 Å². The lowest BCUT2D eigenvalue weighted by Crippen LogP contribution is -2.43. The van der Waals surface area contributed by atoms with Crippen molar-refractivity contribution >= 4 is 94.5 Å². The van der Waals surface area contributed by atoms with E-state index in [9.17, 15) is 0 Å². The number of aliphatic imine (C=N–C) groups is 4. The minimum Gasteiger partial charge on any atom is -0.252 e. The lowest BCUT2D eigenvalue weighted by molar-refractivity contribution is 0.259. The quantitative estimate of drug-likeness (QED) is 0.446. The number of hydrogen-bond donors (Lipinski definition) is 0. The molecule has 0 saturated heterocycles. The van der Waals surface area contributed by atoms with Crippen LogP contribution in [0.3, 0.4) is 0 Å². The Morgan fingerprint density at radius 1 is 0.464 bits per heavy atom. The molecule has 0 atom stereocenters. The Morgan fingerprint density at radius 2 is 0.714 bits per heavy atom. The molecule has 2 aliphatic heterocycles. The second-order valence-electron chi connectivity index (χ2n) is 5.95. The smallest absolute Gasteiger partial charge is 0.228 e. The lowest BCUT2D eigenvalue weighted by atomic mass is 9.82. The van der Waals surface area contributed by atoms with E-state index in [2.05, 4.69) is 20.0 Å². The molecule has 0 unspecified atom stereocenters. The van der Waals surface area contributed by atoms with Crippen LogP contribution in [0.1, 0.15) is 11.1 Å². The number of nitrogens with zero attached hydrogens (tertiary/aromatic N) is 4. The van der Waals surface area contributed by atoms with Crippen LogP contribution < -0.4 is 0 Å². The van der Waals surface area contributed by atoms with Gasteiger partial charge in [-0.15, -0.1) is 0 Å². The van der Waals surface area contributed by atoms with Gasteiger partial charge in [-0.3, -0.25) is 20.0 Å². The van der Waals surface area contributed by atoms with Crippen LogP contribution in [0.4, 0.5) is 0 Å². The van der Waals surface area contributed by atoms with Crippen molar-refractivity contribution in [2.75, 3.05) is 0 Å². The summed E-state index contributed by atoms with van der Waals surface area (Å²) >= 11 is 38.3. The fourth-order valence-electron chi connectivity index (χ4n) is 3.35. The first kappa shape index (κ1) is 20.1. The average Bonchev–Trinajstić information content (AvgIpc) is 3.24. The summed E-state index contributed by atoms with van der Waals surface area (Å²) in [6, 6.07) is 6.21. The minimum absolute atomic E-state index is 0.256. The number of rotatable bonds is 3. The van der Waals surface area contributed by atoms with E-state index in [1.807, 2.05) is 0 Å². The molecule has 4 rings (SSSR count). The molecule has 0 fully saturated rings. The van der Waals surface area contributed by atoms with E-state index in [-0.39, 0.29) is 20.1 Å². The summed E-state index contributed by atoms with van der Waals surface area (Å²) in [5.41, 5.74) is -2.20. The van der Waals surface area contributed by atoms with E-state index in [1.165, 1.54) is 24.9 Å². The molecule has 0 saturated carbocycles. The van der Waals surface area contributed by atoms with E-state index in [0.29, 0.717) is 21.2 Å². The van der Waals surface area contributed by atoms with Gasteiger partial charge in [-0.2, -0.15) is 0 Å². The monoisotopic (exact) mass is 490 g/mol. The van der Waals surface area contributed by atoms with Crippen LogP contribution in [0.2, 0.25) is 30.1 Å². The highest BCUT2D eigenvalue weighted by Gasteiger charge is 2.59. The molecule has 0 radical (unpaired) electrons. The molecule has 0 amide bonds. The summed E-state index contributed by atoms with van der Waals surface area (Å²) in [5.74, 6) is 0. The Hall–Kier alpha value is -1.14. The molecule has 0 aromatic heterocycles. The van der Waals surface area contributed by atoms with Gasteiger partial charge in [0.2, 0.25) is 11.3 Å². The Balaban J connectivity index is 2.11. The molecule has 0 bridgehead atoms. The largest absolute Gasteiger partial charge is 0.252 e. The molecule has 2 heterocycles. The summed E-state index contributed by atoms with van der Waals surface area (Å²) in [4.78, 5) is 18.3. The fraction of sp³-hybridized carbons (Fsp3) is 0.111. The third-order valence-corrected chi connectivity index (χ3v) is 6.00. The molecule has 2 aromatic rings. The molecule has 2 aromatic carbocycles.